The van der Waals surface area contributed by atoms with E-state index in [1.54, 1.807) is 0 Å². The second-order valence-corrected chi connectivity index (χ2v) is 12.9. The molecule has 4 heterocycles. The molecule has 21 nitrogen and oxygen atoms in total. The number of phenols is 2. The monoisotopic (exact) mass is 772 g/mol. The van der Waals surface area contributed by atoms with E-state index in [9.17, 15) is 71.2 Å². The number of aliphatic hydroxyl groups excluding tert-OH is 11. The van der Waals surface area contributed by atoms with Gasteiger partial charge in [-0.15, -0.1) is 0 Å². The van der Waals surface area contributed by atoms with Crippen molar-refractivity contribution in [3.05, 3.63) is 46.6 Å². The van der Waals surface area contributed by atoms with Crippen LogP contribution in [0.1, 0.15) is 0 Å². The molecule has 0 unspecified atom stereocenters. The van der Waals surface area contributed by atoms with Crippen molar-refractivity contribution in [3.63, 3.8) is 0 Å². The smallest absolute Gasteiger partial charge is 0.239 e. The van der Waals surface area contributed by atoms with Gasteiger partial charge in [-0.05, 0) is 24.3 Å². The van der Waals surface area contributed by atoms with Crippen molar-refractivity contribution in [2.45, 2.75) is 92.1 Å². The predicted octanol–water partition coefficient (Wildman–Crippen LogP) is -4.95. The highest BCUT2D eigenvalue weighted by Crippen LogP contribution is 2.39. The largest absolute Gasteiger partial charge is 0.508 e. The molecule has 3 aliphatic rings. The minimum atomic E-state index is -2.03. The molecule has 0 bridgehead atoms. The fourth-order valence-electron chi connectivity index (χ4n) is 6.20. The number of aromatic hydroxyl groups is 2. The van der Waals surface area contributed by atoms with Gasteiger partial charge in [-0.2, -0.15) is 0 Å². The zero-order chi connectivity index (χ0) is 39.2. The Kier molecular flexibility index (Phi) is 11.9. The number of hydrogen-bond acceptors (Lipinski definition) is 21. The van der Waals surface area contributed by atoms with E-state index in [2.05, 4.69) is 0 Å². The van der Waals surface area contributed by atoms with Gasteiger partial charge in [0.1, 0.15) is 101 Å². The Balaban J connectivity index is 1.31. The van der Waals surface area contributed by atoms with Crippen molar-refractivity contribution in [1.29, 1.82) is 0 Å². The standard InChI is InChI=1S/C33H40O21/c34-7-15-19(38)23(42)26(45)31(51-15)48-9-17-21(40)25(44)28(47)33(53-17)54-30-22(41)18-13(37)5-12(49-32-27(46)24(43)20(39)16(8-35)52-32)6-14(18)50-29(30)10-1-3-11(36)4-2-10/h1-6,15-17,19-21,23-28,31-40,42-47H,7-9H2/t15-,16-,17-,19-,20-,21-,23+,24+,25+,26-,27-,28-,31+,32+,33-/m1/s1. The maximum atomic E-state index is 14.0. The van der Waals surface area contributed by atoms with Gasteiger partial charge in [-0.1, -0.05) is 0 Å². The van der Waals surface area contributed by atoms with Crippen LogP contribution in [0, 0.1) is 0 Å². The summed E-state index contributed by atoms with van der Waals surface area (Å²) in [6.07, 6.45) is -26.0. The minimum Gasteiger partial charge on any atom is -0.508 e. The van der Waals surface area contributed by atoms with E-state index in [1.807, 2.05) is 0 Å². The van der Waals surface area contributed by atoms with E-state index in [0.29, 0.717) is 0 Å². The summed E-state index contributed by atoms with van der Waals surface area (Å²) in [4.78, 5) is 14.0. The highest BCUT2D eigenvalue weighted by Gasteiger charge is 2.49. The molecular formula is C33H40O21. The van der Waals surface area contributed by atoms with Crippen molar-refractivity contribution >= 4 is 11.0 Å². The second-order valence-electron chi connectivity index (χ2n) is 12.9. The van der Waals surface area contributed by atoms with Gasteiger partial charge in [0.2, 0.25) is 23.8 Å². The van der Waals surface area contributed by atoms with Crippen LogP contribution in [0.25, 0.3) is 22.3 Å². The molecule has 2 aromatic carbocycles. The maximum Gasteiger partial charge on any atom is 0.239 e. The lowest BCUT2D eigenvalue weighted by Crippen LogP contribution is -2.62. The Labute approximate surface area is 303 Å². The summed E-state index contributed by atoms with van der Waals surface area (Å²) >= 11 is 0. The molecule has 54 heavy (non-hydrogen) atoms. The Bertz CT molecular complexity index is 1800. The fourth-order valence-corrected chi connectivity index (χ4v) is 6.20. The molecule has 298 valence electrons. The summed E-state index contributed by atoms with van der Waals surface area (Å²) in [5, 5.41) is 133. The fraction of sp³-hybridized carbons (Fsp3) is 0.545. The number of phenolic OH excluding ortho intramolecular Hbond substituents is 2. The zero-order valence-corrected chi connectivity index (χ0v) is 27.8. The van der Waals surface area contributed by atoms with Crippen LogP contribution in [-0.4, -0.2) is 178 Å². The Hall–Kier alpha value is -3.75. The first-order chi connectivity index (χ1) is 25.6. The van der Waals surface area contributed by atoms with Gasteiger partial charge in [0.25, 0.3) is 0 Å². The molecule has 0 radical (unpaired) electrons. The summed E-state index contributed by atoms with van der Waals surface area (Å²) in [6.45, 7) is -2.21. The molecule has 3 fully saturated rings. The Morgan fingerprint density at radius 2 is 1.09 bits per heavy atom. The van der Waals surface area contributed by atoms with Crippen LogP contribution in [0.2, 0.25) is 0 Å². The number of rotatable bonds is 10. The summed E-state index contributed by atoms with van der Waals surface area (Å²) in [6, 6.07) is 7.12. The Morgan fingerprint density at radius 1 is 0.593 bits per heavy atom. The average Bonchev–Trinajstić information content (AvgIpc) is 3.15. The third-order valence-corrected chi connectivity index (χ3v) is 9.31. The molecular weight excluding hydrogens is 732 g/mol. The lowest BCUT2D eigenvalue weighted by atomic mass is 9.98. The SMILES string of the molecule is O=c1c(O[C@H]2O[C@H](CO[C@H]3O[C@H](CO)[C@@H](O)[C@H](O)[C@H]3O)[C@@H](O)[C@H](O)[C@H]2O)c(-c2ccc(O)cc2)oc2cc(O[C@H]3O[C@H](CO)[C@@H](O)[C@H](O)[C@H]3O)cc(O)c12. The summed E-state index contributed by atoms with van der Waals surface area (Å²) < 4.78 is 39.1. The van der Waals surface area contributed by atoms with Crippen molar-refractivity contribution in [2.24, 2.45) is 0 Å². The number of benzene rings is 2. The molecule has 6 rings (SSSR count). The molecule has 0 amide bonds. The van der Waals surface area contributed by atoms with Crippen molar-refractivity contribution in [2.75, 3.05) is 19.8 Å². The Morgan fingerprint density at radius 3 is 1.67 bits per heavy atom. The lowest BCUT2D eigenvalue weighted by Gasteiger charge is -2.42. The van der Waals surface area contributed by atoms with E-state index in [0.717, 1.165) is 12.1 Å². The van der Waals surface area contributed by atoms with E-state index < -0.39 is 134 Å². The first kappa shape index (κ1) is 39.9. The molecule has 13 N–H and O–H groups in total. The highest BCUT2D eigenvalue weighted by molar-refractivity contribution is 5.88. The number of fused-ring (bicyclic) bond motifs is 1. The first-order valence-electron chi connectivity index (χ1n) is 16.5. The molecule has 0 spiro atoms. The van der Waals surface area contributed by atoms with Crippen LogP contribution >= 0.6 is 0 Å². The number of aliphatic hydroxyl groups is 11. The molecule has 3 aliphatic heterocycles. The van der Waals surface area contributed by atoms with Crippen molar-refractivity contribution in [1.82, 2.24) is 0 Å². The van der Waals surface area contributed by atoms with Crippen LogP contribution in [-0.2, 0) is 18.9 Å². The van der Waals surface area contributed by atoms with Gasteiger partial charge in [-0.3, -0.25) is 4.79 Å². The van der Waals surface area contributed by atoms with Gasteiger partial charge in [0.05, 0.1) is 19.8 Å². The summed E-state index contributed by atoms with van der Waals surface area (Å²) in [7, 11) is 0. The summed E-state index contributed by atoms with van der Waals surface area (Å²) in [5.74, 6) is -2.30. The molecule has 1 aromatic heterocycles. The van der Waals surface area contributed by atoms with E-state index in [4.69, 9.17) is 32.8 Å². The minimum absolute atomic E-state index is 0.0925. The van der Waals surface area contributed by atoms with E-state index in [-0.39, 0.29) is 28.4 Å². The van der Waals surface area contributed by atoms with Gasteiger partial charge >= 0.3 is 0 Å². The second kappa shape index (κ2) is 16.2. The van der Waals surface area contributed by atoms with E-state index >= 15 is 0 Å². The van der Waals surface area contributed by atoms with E-state index in [1.165, 1.54) is 24.3 Å². The van der Waals surface area contributed by atoms with Crippen molar-refractivity contribution < 1.29 is 99.2 Å². The molecule has 21 heteroatoms. The highest BCUT2D eigenvalue weighted by atomic mass is 16.7. The summed E-state index contributed by atoms with van der Waals surface area (Å²) in [5.41, 5.74) is -1.32. The van der Waals surface area contributed by atoms with Crippen LogP contribution in [0.5, 0.6) is 23.0 Å². The average molecular weight is 773 g/mol. The zero-order valence-electron chi connectivity index (χ0n) is 27.8. The van der Waals surface area contributed by atoms with Gasteiger partial charge in [-0.25, -0.2) is 0 Å². The van der Waals surface area contributed by atoms with Gasteiger partial charge < -0.3 is 99.2 Å². The quantitative estimate of drug-likeness (QED) is 0.0918. The third-order valence-electron chi connectivity index (χ3n) is 9.31. The van der Waals surface area contributed by atoms with Gasteiger partial charge in [0.15, 0.2) is 12.1 Å². The number of hydrogen-bond donors (Lipinski definition) is 13. The molecule has 3 saturated heterocycles. The molecule has 0 aliphatic carbocycles. The van der Waals surface area contributed by atoms with Crippen LogP contribution in [0.3, 0.4) is 0 Å². The van der Waals surface area contributed by atoms with Gasteiger partial charge in [0, 0.05) is 17.7 Å². The van der Waals surface area contributed by atoms with Crippen LogP contribution in [0.4, 0.5) is 0 Å². The van der Waals surface area contributed by atoms with Crippen molar-refractivity contribution in [3.8, 4) is 34.3 Å². The molecule has 0 saturated carbocycles. The third kappa shape index (κ3) is 7.58. The van der Waals surface area contributed by atoms with Crippen LogP contribution in [0.15, 0.2) is 45.6 Å². The number of ether oxygens (including phenoxy) is 6. The normalized spacial score (nSPS) is 37.3. The lowest BCUT2D eigenvalue weighted by molar-refractivity contribution is -0.323. The molecule has 3 aromatic rings. The predicted molar refractivity (Wildman–Crippen MR) is 173 cm³/mol. The first-order valence-corrected chi connectivity index (χ1v) is 16.5. The molecule has 15 atom stereocenters. The maximum absolute atomic E-state index is 14.0. The topological polar surface area (TPSA) is 349 Å². The van der Waals surface area contributed by atoms with Crippen LogP contribution < -0.4 is 14.9 Å².